The Balaban J connectivity index is 1.43. The average Bonchev–Trinajstić information content (AvgIpc) is 3.21. The van der Waals surface area contributed by atoms with Crippen LogP contribution in [0.1, 0.15) is 50.4 Å². The monoisotopic (exact) mass is 451 g/mol. The molecule has 0 saturated heterocycles. The fourth-order valence-electron chi connectivity index (χ4n) is 4.49. The van der Waals surface area contributed by atoms with Gasteiger partial charge >= 0.3 is 11.9 Å². The van der Waals surface area contributed by atoms with Gasteiger partial charge in [0.2, 0.25) is 0 Å². The van der Waals surface area contributed by atoms with Crippen molar-refractivity contribution in [3.8, 4) is 10.6 Å². The lowest BCUT2D eigenvalue weighted by Crippen LogP contribution is -2.36. The van der Waals surface area contributed by atoms with Gasteiger partial charge in [0, 0.05) is 5.56 Å². The highest BCUT2D eigenvalue weighted by Crippen LogP contribution is 2.35. The fraction of sp³-hybridized carbons (Fsp3) is 0.423. The van der Waals surface area contributed by atoms with Gasteiger partial charge in [-0.15, -0.1) is 11.3 Å². The number of carbonyl (C=O) groups is 2. The van der Waals surface area contributed by atoms with E-state index in [2.05, 4.69) is 25.8 Å². The third-order valence-corrected chi connectivity index (χ3v) is 7.31. The number of thiazole rings is 1. The summed E-state index contributed by atoms with van der Waals surface area (Å²) in [6.07, 6.45) is 2.98. The van der Waals surface area contributed by atoms with Gasteiger partial charge in [0.15, 0.2) is 6.61 Å². The second-order valence-electron chi connectivity index (χ2n) is 8.96. The number of ether oxygens (including phenoxy) is 2. The molecule has 0 aliphatic heterocycles. The van der Waals surface area contributed by atoms with Gasteiger partial charge in [-0.2, -0.15) is 0 Å². The molecule has 1 saturated carbocycles. The first-order valence-corrected chi connectivity index (χ1v) is 12.1. The van der Waals surface area contributed by atoms with E-state index in [9.17, 15) is 9.59 Å². The third kappa shape index (κ3) is 5.01. The first-order chi connectivity index (χ1) is 15.4. The maximum Gasteiger partial charge on any atom is 0.344 e. The molecule has 168 valence electrons. The topological polar surface area (TPSA) is 65.5 Å². The molecule has 1 aliphatic rings. The van der Waals surface area contributed by atoms with Gasteiger partial charge in [0.05, 0.1) is 15.8 Å². The summed E-state index contributed by atoms with van der Waals surface area (Å²) in [6.45, 7) is 6.14. The first-order valence-electron chi connectivity index (χ1n) is 11.2. The predicted molar refractivity (Wildman–Crippen MR) is 127 cm³/mol. The molecule has 0 amide bonds. The van der Waals surface area contributed by atoms with Crippen LogP contribution in [0.25, 0.3) is 20.8 Å². The number of rotatable bonds is 6. The number of nitrogens with zero attached hydrogens (tertiary/aromatic N) is 1. The Labute approximate surface area is 192 Å². The van der Waals surface area contributed by atoms with Gasteiger partial charge < -0.3 is 9.47 Å². The van der Waals surface area contributed by atoms with Crippen LogP contribution < -0.4 is 0 Å². The molecule has 1 fully saturated rings. The molecule has 5 nitrogen and oxygen atoms in total. The van der Waals surface area contributed by atoms with Crippen LogP contribution in [-0.2, 0) is 14.3 Å². The Hall–Kier alpha value is -2.73. The molecule has 3 atom stereocenters. The maximum atomic E-state index is 12.8. The minimum Gasteiger partial charge on any atom is -0.460 e. The lowest BCUT2D eigenvalue weighted by Gasteiger charge is -2.36. The molecule has 0 radical (unpaired) electrons. The van der Waals surface area contributed by atoms with E-state index in [1.807, 2.05) is 36.4 Å². The van der Waals surface area contributed by atoms with Gasteiger partial charge in [-0.25, -0.2) is 14.6 Å². The van der Waals surface area contributed by atoms with Crippen molar-refractivity contribution in [3.63, 3.8) is 0 Å². The fourth-order valence-corrected chi connectivity index (χ4v) is 5.50. The molecule has 3 aromatic rings. The Morgan fingerprint density at radius 3 is 2.62 bits per heavy atom. The van der Waals surface area contributed by atoms with Gasteiger partial charge in [0.25, 0.3) is 0 Å². The zero-order valence-corrected chi connectivity index (χ0v) is 19.6. The Bertz CT molecular complexity index is 1070. The van der Waals surface area contributed by atoms with E-state index in [0.717, 1.165) is 34.5 Å². The van der Waals surface area contributed by atoms with Crippen molar-refractivity contribution in [1.29, 1.82) is 0 Å². The molecular formula is C26H29NO4S. The highest BCUT2D eigenvalue weighted by atomic mass is 32.1. The highest BCUT2D eigenvalue weighted by molar-refractivity contribution is 7.21. The maximum absolute atomic E-state index is 12.8. The number of hydrogen-bond acceptors (Lipinski definition) is 6. The van der Waals surface area contributed by atoms with Crippen molar-refractivity contribution in [1.82, 2.24) is 4.98 Å². The summed E-state index contributed by atoms with van der Waals surface area (Å²) in [5.74, 6) is 0.301. The summed E-state index contributed by atoms with van der Waals surface area (Å²) < 4.78 is 12.2. The zero-order chi connectivity index (χ0) is 22.7. The number of benzene rings is 2. The summed E-state index contributed by atoms with van der Waals surface area (Å²) in [7, 11) is 0. The Kier molecular flexibility index (Phi) is 6.89. The van der Waals surface area contributed by atoms with Crippen LogP contribution in [0.3, 0.4) is 0 Å². The van der Waals surface area contributed by atoms with Crippen molar-refractivity contribution >= 4 is 33.5 Å². The Morgan fingerprint density at radius 1 is 1.09 bits per heavy atom. The molecule has 1 heterocycles. The molecular weight excluding hydrogens is 422 g/mol. The molecule has 1 aliphatic carbocycles. The van der Waals surface area contributed by atoms with Crippen molar-refractivity contribution in [2.75, 3.05) is 6.61 Å². The normalized spacial score (nSPS) is 20.9. The summed E-state index contributed by atoms with van der Waals surface area (Å²) in [5.41, 5.74) is 1.99. The highest BCUT2D eigenvalue weighted by Gasteiger charge is 2.33. The van der Waals surface area contributed by atoms with E-state index in [-0.39, 0.29) is 12.7 Å². The van der Waals surface area contributed by atoms with Crippen molar-refractivity contribution in [2.45, 2.75) is 46.1 Å². The average molecular weight is 452 g/mol. The van der Waals surface area contributed by atoms with Crippen molar-refractivity contribution < 1.29 is 19.1 Å². The van der Waals surface area contributed by atoms with Crippen LogP contribution in [-0.4, -0.2) is 29.6 Å². The number of hydrogen-bond donors (Lipinski definition) is 0. The zero-order valence-electron chi connectivity index (χ0n) is 18.7. The smallest absolute Gasteiger partial charge is 0.344 e. The molecule has 0 bridgehead atoms. The quantitative estimate of drug-likeness (QED) is 0.422. The molecule has 1 aromatic heterocycles. The Morgan fingerprint density at radius 2 is 1.84 bits per heavy atom. The van der Waals surface area contributed by atoms with E-state index >= 15 is 0 Å². The summed E-state index contributed by atoms with van der Waals surface area (Å²) in [4.78, 5) is 30.0. The molecule has 0 spiro atoms. The largest absolute Gasteiger partial charge is 0.460 e. The minimum atomic E-state index is -0.547. The van der Waals surface area contributed by atoms with E-state index < -0.39 is 11.9 Å². The van der Waals surface area contributed by atoms with Crippen molar-refractivity contribution in [2.24, 2.45) is 17.8 Å². The SMILES string of the molecule is CC1CCC(C(C)C)C(OC(=O)COC(=O)c2ccccc2-c2nc3ccccc3s2)C1. The summed E-state index contributed by atoms with van der Waals surface area (Å²) in [5, 5.41) is 0.747. The number of para-hydroxylation sites is 1. The lowest BCUT2D eigenvalue weighted by atomic mass is 9.75. The molecule has 32 heavy (non-hydrogen) atoms. The standard InChI is InChI=1S/C26H29NO4S/c1-16(2)18-13-12-17(3)14-22(18)31-24(28)15-30-26(29)20-9-5-4-8-19(20)25-27-21-10-6-7-11-23(21)32-25/h4-11,16-18,22H,12-15H2,1-3H3. The van der Waals surface area contributed by atoms with Gasteiger partial charge in [-0.3, -0.25) is 0 Å². The molecule has 6 heteroatoms. The van der Waals surface area contributed by atoms with Crippen LogP contribution in [0.15, 0.2) is 48.5 Å². The molecule has 0 N–H and O–H groups in total. The number of carbonyl (C=O) groups excluding carboxylic acids is 2. The number of fused-ring (bicyclic) bond motifs is 1. The van der Waals surface area contributed by atoms with Crippen LogP contribution in [0, 0.1) is 17.8 Å². The van der Waals surface area contributed by atoms with Crippen LogP contribution >= 0.6 is 11.3 Å². The number of esters is 2. The van der Waals surface area contributed by atoms with Crippen LogP contribution in [0.5, 0.6) is 0 Å². The molecule has 4 rings (SSSR count). The van der Waals surface area contributed by atoms with Gasteiger partial charge in [0.1, 0.15) is 11.1 Å². The van der Waals surface area contributed by atoms with E-state index in [1.165, 1.54) is 11.3 Å². The first kappa shape index (κ1) is 22.5. The predicted octanol–water partition coefficient (Wildman–Crippen LogP) is 6.12. The second kappa shape index (κ2) is 9.82. The summed E-state index contributed by atoms with van der Waals surface area (Å²) in [6, 6.07) is 15.1. The van der Waals surface area contributed by atoms with Crippen LogP contribution in [0.4, 0.5) is 0 Å². The molecule has 2 aromatic carbocycles. The van der Waals surface area contributed by atoms with Crippen molar-refractivity contribution in [3.05, 3.63) is 54.1 Å². The number of aromatic nitrogens is 1. The van der Waals surface area contributed by atoms with E-state index in [1.54, 1.807) is 12.1 Å². The van der Waals surface area contributed by atoms with E-state index in [0.29, 0.717) is 28.9 Å². The summed E-state index contributed by atoms with van der Waals surface area (Å²) >= 11 is 1.52. The van der Waals surface area contributed by atoms with E-state index in [4.69, 9.17) is 9.47 Å². The molecule has 3 unspecified atom stereocenters. The van der Waals surface area contributed by atoms with Gasteiger partial charge in [-0.1, -0.05) is 57.5 Å². The van der Waals surface area contributed by atoms with Crippen LogP contribution in [0.2, 0.25) is 0 Å². The second-order valence-corrected chi connectivity index (χ2v) is 9.99. The van der Waals surface area contributed by atoms with Gasteiger partial charge in [-0.05, 0) is 48.8 Å². The third-order valence-electron chi connectivity index (χ3n) is 6.24. The minimum absolute atomic E-state index is 0.111. The lowest BCUT2D eigenvalue weighted by molar-refractivity contribution is -0.159.